The third-order valence-corrected chi connectivity index (χ3v) is 4.32. The minimum atomic E-state index is 0.512. The Morgan fingerprint density at radius 3 is 2.38 bits per heavy atom. The molecule has 3 heteroatoms. The van der Waals surface area contributed by atoms with E-state index in [1.165, 1.54) is 0 Å². The Labute approximate surface area is 64.6 Å². The van der Waals surface area contributed by atoms with Crippen molar-refractivity contribution in [3.8, 4) is 0 Å². The zero-order chi connectivity index (χ0) is 6.15. The maximum atomic E-state index is 4.27. The fraction of sp³-hybridized carbons (Fsp3) is 1.00. The molecule has 1 aliphatic heterocycles. The van der Waals surface area contributed by atoms with Crippen LogP contribution in [0.25, 0.3) is 0 Å². The first kappa shape index (κ1) is 7.16. The van der Waals surface area contributed by atoms with Crippen molar-refractivity contribution >= 4 is 36.2 Å². The topological polar surface area (TPSA) is 0 Å². The molecule has 1 fully saturated rings. The molecule has 1 rings (SSSR count). The lowest BCUT2D eigenvalue weighted by Gasteiger charge is -1.97. The van der Waals surface area contributed by atoms with E-state index in [0.717, 1.165) is 9.83 Å². The van der Waals surface area contributed by atoms with Gasteiger partial charge in [0, 0.05) is 9.83 Å². The quantitative estimate of drug-likeness (QED) is 0.380. The molecule has 0 aromatic rings. The van der Waals surface area contributed by atoms with Gasteiger partial charge in [0.2, 0.25) is 0 Å². The second kappa shape index (κ2) is 2.76. The van der Waals surface area contributed by atoms with Crippen LogP contribution in [0.3, 0.4) is 0 Å². The highest BCUT2D eigenvalue weighted by molar-refractivity contribution is 8.26. The smallest absolute Gasteiger partial charge is 0.0632 e. The summed E-state index contributed by atoms with van der Waals surface area (Å²) in [7, 11) is 0. The minimum Gasteiger partial charge on any atom is -0.165 e. The largest absolute Gasteiger partial charge is 0.165 e. The monoisotopic (exact) mass is 166 g/mol. The van der Waals surface area contributed by atoms with Gasteiger partial charge in [-0.1, -0.05) is 6.92 Å². The molecule has 0 spiro atoms. The van der Waals surface area contributed by atoms with E-state index >= 15 is 0 Å². The van der Waals surface area contributed by atoms with Gasteiger partial charge in [-0.2, -0.15) is 12.6 Å². The molecule has 1 aliphatic rings. The summed E-state index contributed by atoms with van der Waals surface area (Å²) in [5.41, 5.74) is 0. The molecular weight excluding hydrogens is 156 g/mol. The van der Waals surface area contributed by atoms with Gasteiger partial charge in [0.05, 0.1) is 4.58 Å². The van der Waals surface area contributed by atoms with Gasteiger partial charge < -0.3 is 0 Å². The average molecular weight is 166 g/mol. The summed E-state index contributed by atoms with van der Waals surface area (Å²) in [6, 6.07) is 0. The molecule has 0 nitrogen and oxygen atoms in total. The minimum absolute atomic E-state index is 0.512. The Bertz CT molecular complexity index is 81.7. The maximum absolute atomic E-state index is 4.27. The summed E-state index contributed by atoms with van der Waals surface area (Å²) in [5, 5.41) is 0.884. The zero-order valence-corrected chi connectivity index (χ0v) is 7.52. The summed E-state index contributed by atoms with van der Waals surface area (Å²) in [5.74, 6) is 0. The fourth-order valence-corrected chi connectivity index (χ4v) is 3.56. The molecule has 3 atom stereocenters. The van der Waals surface area contributed by atoms with Crippen molar-refractivity contribution in [1.82, 2.24) is 0 Å². The van der Waals surface area contributed by atoms with Gasteiger partial charge in [-0.25, -0.2) is 0 Å². The van der Waals surface area contributed by atoms with E-state index in [4.69, 9.17) is 0 Å². The van der Waals surface area contributed by atoms with Crippen molar-refractivity contribution in [1.29, 1.82) is 0 Å². The highest BCUT2D eigenvalue weighted by atomic mass is 32.2. The Kier molecular flexibility index (Phi) is 2.47. The average Bonchev–Trinajstić information content (AvgIpc) is 2.17. The van der Waals surface area contributed by atoms with E-state index in [1.54, 1.807) is 0 Å². The molecule has 3 unspecified atom stereocenters. The van der Waals surface area contributed by atoms with E-state index in [2.05, 4.69) is 26.5 Å². The highest BCUT2D eigenvalue weighted by Gasteiger charge is 2.34. The van der Waals surface area contributed by atoms with Crippen molar-refractivity contribution in [3.05, 3.63) is 0 Å². The fourth-order valence-electron chi connectivity index (χ4n) is 0.503. The maximum Gasteiger partial charge on any atom is 0.0632 e. The molecule has 8 heavy (non-hydrogen) atoms. The van der Waals surface area contributed by atoms with Crippen LogP contribution in [0.2, 0.25) is 0 Å². The first-order chi connectivity index (χ1) is 3.70. The molecule has 0 saturated carbocycles. The van der Waals surface area contributed by atoms with Crippen LogP contribution in [-0.4, -0.2) is 14.4 Å². The number of thiol groups is 1. The van der Waals surface area contributed by atoms with Crippen LogP contribution in [0, 0.1) is 0 Å². The molecule has 0 N–H and O–H groups in total. The third-order valence-electron chi connectivity index (χ3n) is 0.987. The third kappa shape index (κ3) is 2.11. The predicted octanol–water partition coefficient (Wildman–Crippen LogP) is 2.46. The van der Waals surface area contributed by atoms with Crippen LogP contribution in [0.15, 0.2) is 0 Å². The van der Waals surface area contributed by atoms with Crippen molar-refractivity contribution in [2.24, 2.45) is 0 Å². The van der Waals surface area contributed by atoms with E-state index in [0.29, 0.717) is 4.58 Å². The molecule has 48 valence electrons. The number of rotatable bonds is 2. The molecule has 0 aliphatic carbocycles. The molecule has 1 saturated heterocycles. The molecule has 0 aromatic carbocycles. The number of hydrogen-bond acceptors (Lipinski definition) is 3. The lowest BCUT2D eigenvalue weighted by atomic mass is 10.6. The molecule has 0 aromatic heterocycles. The van der Waals surface area contributed by atoms with Crippen LogP contribution in [-0.2, 0) is 0 Å². The predicted molar refractivity (Wildman–Crippen MR) is 46.9 cm³/mol. The molecule has 0 bridgehead atoms. The van der Waals surface area contributed by atoms with E-state index in [-0.39, 0.29) is 0 Å². The summed E-state index contributed by atoms with van der Waals surface area (Å²) in [4.78, 5) is 0. The number of hydrogen-bond donors (Lipinski definition) is 1. The second-order valence-corrected chi connectivity index (χ2v) is 6.38. The van der Waals surface area contributed by atoms with E-state index < -0.39 is 0 Å². The summed E-state index contributed by atoms with van der Waals surface area (Å²) in [6.07, 6.45) is 0. The van der Waals surface area contributed by atoms with Crippen LogP contribution in [0.4, 0.5) is 0 Å². The summed E-state index contributed by atoms with van der Waals surface area (Å²) < 4.78 is 1.36. The summed E-state index contributed by atoms with van der Waals surface area (Å²) >= 11 is 8.26. The van der Waals surface area contributed by atoms with Gasteiger partial charge in [-0.3, -0.25) is 0 Å². The molecule has 1 heterocycles. The Morgan fingerprint density at radius 1 is 1.75 bits per heavy atom. The SMILES string of the molecule is CC(S)SC1SC1C. The van der Waals surface area contributed by atoms with Crippen molar-refractivity contribution < 1.29 is 0 Å². The highest BCUT2D eigenvalue weighted by Crippen LogP contribution is 2.50. The van der Waals surface area contributed by atoms with Gasteiger partial charge in [0.25, 0.3) is 0 Å². The van der Waals surface area contributed by atoms with Gasteiger partial charge in [-0.05, 0) is 6.92 Å². The van der Waals surface area contributed by atoms with Crippen LogP contribution >= 0.6 is 36.2 Å². The molecule has 0 amide bonds. The lowest BCUT2D eigenvalue weighted by Crippen LogP contribution is -1.87. The van der Waals surface area contributed by atoms with Crippen LogP contribution < -0.4 is 0 Å². The van der Waals surface area contributed by atoms with Crippen molar-refractivity contribution in [3.63, 3.8) is 0 Å². The van der Waals surface area contributed by atoms with Gasteiger partial charge >= 0.3 is 0 Å². The molecular formula is C5H10S3. The second-order valence-electron chi connectivity index (χ2n) is 1.94. The normalized spacial score (nSPS) is 39.4. The van der Waals surface area contributed by atoms with Gasteiger partial charge in [-0.15, -0.1) is 23.5 Å². The zero-order valence-electron chi connectivity index (χ0n) is 5.00. The Balaban J connectivity index is 2.05. The Hall–Kier alpha value is 1.05. The van der Waals surface area contributed by atoms with Crippen molar-refractivity contribution in [2.75, 3.05) is 0 Å². The van der Waals surface area contributed by atoms with Crippen LogP contribution in [0.5, 0.6) is 0 Å². The van der Waals surface area contributed by atoms with E-state index in [1.807, 2.05) is 23.5 Å². The van der Waals surface area contributed by atoms with Crippen molar-refractivity contribution in [2.45, 2.75) is 28.3 Å². The van der Waals surface area contributed by atoms with Gasteiger partial charge in [0.15, 0.2) is 0 Å². The first-order valence-electron chi connectivity index (χ1n) is 2.69. The van der Waals surface area contributed by atoms with Crippen LogP contribution in [0.1, 0.15) is 13.8 Å². The Morgan fingerprint density at radius 2 is 2.25 bits per heavy atom. The van der Waals surface area contributed by atoms with E-state index in [9.17, 15) is 0 Å². The first-order valence-corrected chi connectivity index (χ1v) is 5.09. The summed E-state index contributed by atoms with van der Waals surface area (Å²) in [6.45, 7) is 4.39. The standard InChI is InChI=1S/C5H10S3/c1-3-5(7-3)8-4(2)6/h3-6H,1-2H3. The number of thioether (sulfide) groups is 2. The lowest BCUT2D eigenvalue weighted by molar-refractivity contribution is 1.20. The molecule has 0 radical (unpaired) electrons. The van der Waals surface area contributed by atoms with Gasteiger partial charge in [0.1, 0.15) is 0 Å².